The lowest BCUT2D eigenvalue weighted by atomic mass is 10.2. The standard InChI is InChI=1S/C17H17FN4S/c18-14-5-7-16(8-6-14)21-17(23)22(12-3-10-19)13-9-15-4-1-2-11-20-15/h1-2,4-8,11H,3,9,12-13H2,(H,21,23). The normalized spacial score (nSPS) is 9.91. The van der Waals surface area contributed by atoms with Gasteiger partial charge in [-0.2, -0.15) is 5.26 Å². The summed E-state index contributed by atoms with van der Waals surface area (Å²) in [4.78, 5) is 6.21. The van der Waals surface area contributed by atoms with Crippen LogP contribution in [0.15, 0.2) is 48.7 Å². The number of nitriles is 1. The van der Waals surface area contributed by atoms with Crippen LogP contribution in [0.1, 0.15) is 12.1 Å². The Hall–Kier alpha value is -2.52. The summed E-state index contributed by atoms with van der Waals surface area (Å²) in [5, 5.41) is 12.4. The molecule has 1 N–H and O–H groups in total. The summed E-state index contributed by atoms with van der Waals surface area (Å²) in [6.07, 6.45) is 2.87. The zero-order chi connectivity index (χ0) is 16.5. The van der Waals surface area contributed by atoms with E-state index in [9.17, 15) is 4.39 Å². The highest BCUT2D eigenvalue weighted by Gasteiger charge is 2.10. The van der Waals surface area contributed by atoms with Crippen molar-refractivity contribution >= 4 is 23.0 Å². The average molecular weight is 328 g/mol. The lowest BCUT2D eigenvalue weighted by molar-refractivity contribution is 0.436. The van der Waals surface area contributed by atoms with Crippen molar-refractivity contribution in [2.24, 2.45) is 0 Å². The van der Waals surface area contributed by atoms with Gasteiger partial charge >= 0.3 is 0 Å². The van der Waals surface area contributed by atoms with Crippen molar-refractivity contribution in [1.82, 2.24) is 9.88 Å². The fourth-order valence-electron chi connectivity index (χ4n) is 2.03. The summed E-state index contributed by atoms with van der Waals surface area (Å²) in [5.41, 5.74) is 1.69. The van der Waals surface area contributed by atoms with E-state index in [1.807, 2.05) is 23.1 Å². The minimum Gasteiger partial charge on any atom is -0.348 e. The van der Waals surface area contributed by atoms with Crippen molar-refractivity contribution in [3.8, 4) is 6.07 Å². The van der Waals surface area contributed by atoms with Crippen LogP contribution in [0, 0.1) is 17.1 Å². The summed E-state index contributed by atoms with van der Waals surface area (Å²) in [5.74, 6) is -0.294. The molecule has 0 atom stereocenters. The van der Waals surface area contributed by atoms with E-state index in [1.165, 1.54) is 12.1 Å². The van der Waals surface area contributed by atoms with Gasteiger partial charge in [-0.3, -0.25) is 4.98 Å². The molecule has 0 radical (unpaired) electrons. The highest BCUT2D eigenvalue weighted by atomic mass is 32.1. The molecule has 1 aromatic carbocycles. The Bertz CT molecular complexity index is 667. The van der Waals surface area contributed by atoms with Gasteiger partial charge in [0.2, 0.25) is 0 Å². The molecule has 4 nitrogen and oxygen atoms in total. The Balaban J connectivity index is 1.97. The first-order chi connectivity index (χ1) is 11.2. The van der Waals surface area contributed by atoms with E-state index in [0.717, 1.165) is 17.8 Å². The van der Waals surface area contributed by atoms with Crippen LogP contribution in [-0.2, 0) is 6.42 Å². The van der Waals surface area contributed by atoms with E-state index >= 15 is 0 Å². The Morgan fingerprint density at radius 2 is 2.00 bits per heavy atom. The first kappa shape index (κ1) is 16.8. The van der Waals surface area contributed by atoms with Gasteiger partial charge in [-0.05, 0) is 48.6 Å². The van der Waals surface area contributed by atoms with Crippen molar-refractivity contribution in [3.05, 3.63) is 60.2 Å². The average Bonchev–Trinajstić information content (AvgIpc) is 2.58. The Labute approximate surface area is 140 Å². The summed E-state index contributed by atoms with van der Waals surface area (Å²) < 4.78 is 12.9. The predicted octanol–water partition coefficient (Wildman–Crippen LogP) is 3.38. The van der Waals surface area contributed by atoms with Crippen LogP contribution in [0.3, 0.4) is 0 Å². The maximum Gasteiger partial charge on any atom is 0.173 e. The van der Waals surface area contributed by atoms with Gasteiger partial charge in [0.1, 0.15) is 5.82 Å². The van der Waals surface area contributed by atoms with Crippen LogP contribution in [0.5, 0.6) is 0 Å². The second kappa shape index (κ2) is 8.81. The molecule has 0 amide bonds. The minimum absolute atomic E-state index is 0.294. The fourth-order valence-corrected chi connectivity index (χ4v) is 2.33. The molecule has 23 heavy (non-hydrogen) atoms. The first-order valence-corrected chi connectivity index (χ1v) is 7.68. The van der Waals surface area contributed by atoms with Gasteiger partial charge < -0.3 is 10.2 Å². The van der Waals surface area contributed by atoms with Gasteiger partial charge in [0.05, 0.1) is 12.5 Å². The van der Waals surface area contributed by atoms with Gasteiger partial charge in [0.15, 0.2) is 5.11 Å². The van der Waals surface area contributed by atoms with Crippen molar-refractivity contribution in [2.75, 3.05) is 18.4 Å². The molecule has 2 rings (SSSR count). The number of halogens is 1. The molecule has 0 saturated carbocycles. The van der Waals surface area contributed by atoms with Crippen molar-refractivity contribution in [1.29, 1.82) is 5.26 Å². The Morgan fingerprint density at radius 3 is 2.65 bits per heavy atom. The minimum atomic E-state index is -0.294. The summed E-state index contributed by atoms with van der Waals surface area (Å²) in [6.45, 7) is 1.20. The van der Waals surface area contributed by atoms with E-state index in [4.69, 9.17) is 17.5 Å². The number of thiocarbonyl (C=S) groups is 1. The molecule has 0 fully saturated rings. The third-order valence-corrected chi connectivity index (χ3v) is 3.60. The Morgan fingerprint density at radius 1 is 1.22 bits per heavy atom. The van der Waals surface area contributed by atoms with Gasteiger partial charge in [-0.15, -0.1) is 0 Å². The zero-order valence-electron chi connectivity index (χ0n) is 12.6. The maximum absolute atomic E-state index is 12.9. The van der Waals surface area contributed by atoms with Crippen LogP contribution in [0.25, 0.3) is 0 Å². The third-order valence-electron chi connectivity index (χ3n) is 3.24. The lowest BCUT2D eigenvalue weighted by Crippen LogP contribution is -2.37. The van der Waals surface area contributed by atoms with Gasteiger partial charge in [-0.25, -0.2) is 4.39 Å². The van der Waals surface area contributed by atoms with Crippen molar-refractivity contribution < 1.29 is 4.39 Å². The molecule has 0 saturated heterocycles. The molecule has 0 aliphatic carbocycles. The number of rotatable bonds is 6. The monoisotopic (exact) mass is 328 g/mol. The molecule has 2 aromatic rings. The molecule has 1 heterocycles. The van der Waals surface area contributed by atoms with Crippen LogP contribution < -0.4 is 5.32 Å². The number of benzene rings is 1. The highest BCUT2D eigenvalue weighted by Crippen LogP contribution is 2.10. The van der Waals surface area contributed by atoms with Crippen LogP contribution in [-0.4, -0.2) is 28.1 Å². The highest BCUT2D eigenvalue weighted by molar-refractivity contribution is 7.80. The molecular formula is C17H17FN4S. The number of anilines is 1. The molecule has 0 bridgehead atoms. The molecule has 6 heteroatoms. The number of pyridine rings is 1. The molecule has 118 valence electrons. The number of nitrogens with one attached hydrogen (secondary N) is 1. The largest absolute Gasteiger partial charge is 0.348 e. The third kappa shape index (κ3) is 5.64. The topological polar surface area (TPSA) is 52.0 Å². The molecular weight excluding hydrogens is 311 g/mol. The van der Waals surface area contributed by atoms with E-state index in [2.05, 4.69) is 16.4 Å². The van der Waals surface area contributed by atoms with E-state index < -0.39 is 0 Å². The summed E-state index contributed by atoms with van der Waals surface area (Å²) in [6, 6.07) is 13.9. The Kier molecular flexibility index (Phi) is 6.45. The molecule has 0 aliphatic heterocycles. The van der Waals surface area contributed by atoms with Crippen LogP contribution in [0.4, 0.5) is 10.1 Å². The van der Waals surface area contributed by atoms with Crippen molar-refractivity contribution in [2.45, 2.75) is 12.8 Å². The molecule has 1 aromatic heterocycles. The zero-order valence-corrected chi connectivity index (χ0v) is 13.4. The SMILES string of the molecule is N#CCCN(CCc1ccccn1)C(=S)Nc1ccc(F)cc1. The summed E-state index contributed by atoms with van der Waals surface area (Å²) >= 11 is 5.41. The smallest absolute Gasteiger partial charge is 0.173 e. The van der Waals surface area contributed by atoms with Crippen LogP contribution >= 0.6 is 12.2 Å². The summed E-state index contributed by atoms with van der Waals surface area (Å²) in [7, 11) is 0. The fraction of sp³-hybridized carbons (Fsp3) is 0.235. The maximum atomic E-state index is 12.9. The predicted molar refractivity (Wildman–Crippen MR) is 92.4 cm³/mol. The number of hydrogen-bond donors (Lipinski definition) is 1. The first-order valence-electron chi connectivity index (χ1n) is 7.27. The van der Waals surface area contributed by atoms with Gasteiger partial charge in [-0.1, -0.05) is 6.07 Å². The lowest BCUT2D eigenvalue weighted by Gasteiger charge is -2.25. The molecule has 0 aliphatic rings. The molecule has 0 spiro atoms. The number of nitrogens with zero attached hydrogens (tertiary/aromatic N) is 3. The van der Waals surface area contributed by atoms with Crippen molar-refractivity contribution in [3.63, 3.8) is 0 Å². The molecule has 0 unspecified atom stereocenters. The second-order valence-electron chi connectivity index (χ2n) is 4.90. The number of aromatic nitrogens is 1. The van der Waals surface area contributed by atoms with E-state index in [-0.39, 0.29) is 5.82 Å². The van der Waals surface area contributed by atoms with E-state index in [1.54, 1.807) is 18.3 Å². The van der Waals surface area contributed by atoms with Gasteiger partial charge in [0.25, 0.3) is 0 Å². The second-order valence-corrected chi connectivity index (χ2v) is 5.29. The van der Waals surface area contributed by atoms with E-state index in [0.29, 0.717) is 24.6 Å². The number of hydrogen-bond acceptors (Lipinski definition) is 3. The quantitative estimate of drug-likeness (QED) is 0.824. The van der Waals surface area contributed by atoms with Gasteiger partial charge in [0, 0.05) is 37.1 Å². The van der Waals surface area contributed by atoms with Crippen LogP contribution in [0.2, 0.25) is 0 Å².